The first kappa shape index (κ1) is 29.9. The van der Waals surface area contributed by atoms with Gasteiger partial charge in [0.2, 0.25) is 0 Å². The summed E-state index contributed by atoms with van der Waals surface area (Å²) in [4.78, 5) is 0. The van der Waals surface area contributed by atoms with Crippen LogP contribution in [-0.4, -0.2) is 21.7 Å². The van der Waals surface area contributed by atoms with Crippen LogP contribution in [0.15, 0.2) is 0 Å². The largest absolute Gasteiger partial charge is 0.289 e. The summed E-state index contributed by atoms with van der Waals surface area (Å²) in [6, 6.07) is -0.157. The Morgan fingerprint density at radius 1 is 0.500 bits per heavy atom. The average molecular weight is 428 g/mol. The van der Waals surface area contributed by atoms with E-state index < -0.39 is 0 Å². The van der Waals surface area contributed by atoms with Crippen LogP contribution in [0.1, 0.15) is 162 Å². The fourth-order valence-corrected chi connectivity index (χ4v) is 4.64. The molecule has 0 saturated carbocycles. The van der Waals surface area contributed by atoms with Gasteiger partial charge in [0.25, 0.3) is 0 Å². The summed E-state index contributed by atoms with van der Waals surface area (Å²) in [7, 11) is 0. The molecule has 30 heavy (non-hydrogen) atoms. The van der Waals surface area contributed by atoms with Crippen molar-refractivity contribution in [1.29, 1.82) is 0 Å². The lowest BCUT2D eigenvalue weighted by Crippen LogP contribution is -2.33. The minimum Gasteiger partial charge on any atom is -0.289 e. The monoisotopic (exact) mass is 427 g/mol. The SMILES string of the molecule is CCCCCCCCCCCCCCCCCCCCCCC(CC)C(C)N(O)O. The van der Waals surface area contributed by atoms with E-state index in [4.69, 9.17) is 0 Å². The van der Waals surface area contributed by atoms with Gasteiger partial charge in [0.15, 0.2) is 0 Å². The van der Waals surface area contributed by atoms with Crippen molar-refractivity contribution in [2.45, 2.75) is 168 Å². The van der Waals surface area contributed by atoms with Gasteiger partial charge in [-0.1, -0.05) is 154 Å². The molecule has 0 aliphatic heterocycles. The Morgan fingerprint density at radius 2 is 0.800 bits per heavy atom. The second kappa shape index (κ2) is 23.5. The van der Waals surface area contributed by atoms with Crippen molar-refractivity contribution in [3.05, 3.63) is 0 Å². The molecule has 2 N–H and O–H groups in total. The molecular weight excluding hydrogens is 370 g/mol. The third-order valence-corrected chi connectivity index (χ3v) is 7.00. The molecule has 182 valence electrons. The Bertz CT molecular complexity index is 322. The number of unbranched alkanes of at least 4 members (excludes halogenated alkanes) is 19. The molecule has 0 aromatic carbocycles. The van der Waals surface area contributed by atoms with E-state index in [1.54, 1.807) is 0 Å². The highest BCUT2D eigenvalue weighted by Crippen LogP contribution is 2.21. The van der Waals surface area contributed by atoms with Crippen LogP contribution < -0.4 is 0 Å². The molecule has 0 aromatic heterocycles. The molecule has 3 nitrogen and oxygen atoms in total. The molecule has 3 heteroatoms. The van der Waals surface area contributed by atoms with Crippen LogP contribution in [0.4, 0.5) is 0 Å². The molecule has 0 fully saturated rings. The zero-order chi connectivity index (χ0) is 22.3. The number of nitrogens with zero attached hydrogens (tertiary/aromatic N) is 1. The highest BCUT2D eigenvalue weighted by atomic mass is 16.8. The Morgan fingerprint density at radius 3 is 1.07 bits per heavy atom. The fourth-order valence-electron chi connectivity index (χ4n) is 4.64. The van der Waals surface area contributed by atoms with Crippen LogP contribution in [0.25, 0.3) is 0 Å². The van der Waals surface area contributed by atoms with Crippen molar-refractivity contribution in [1.82, 2.24) is 5.23 Å². The summed E-state index contributed by atoms with van der Waals surface area (Å²) in [5, 5.41) is 18.7. The van der Waals surface area contributed by atoms with E-state index in [9.17, 15) is 10.4 Å². The molecule has 2 atom stereocenters. The Hall–Kier alpha value is -0.120. The number of rotatable bonds is 24. The maximum Gasteiger partial charge on any atom is 0.0623 e. The fraction of sp³-hybridized carbons (Fsp3) is 1.00. The van der Waals surface area contributed by atoms with E-state index in [0.29, 0.717) is 11.1 Å². The molecule has 0 rings (SSSR count). The van der Waals surface area contributed by atoms with Crippen LogP contribution in [0, 0.1) is 5.92 Å². The molecule has 0 heterocycles. The van der Waals surface area contributed by atoms with Crippen LogP contribution in [0.5, 0.6) is 0 Å². The van der Waals surface area contributed by atoms with Crippen molar-refractivity contribution in [3.63, 3.8) is 0 Å². The van der Waals surface area contributed by atoms with Gasteiger partial charge in [-0.15, -0.1) is 0 Å². The second-order valence-corrected chi connectivity index (χ2v) is 9.74. The van der Waals surface area contributed by atoms with Crippen LogP contribution in [0.3, 0.4) is 0 Å². The van der Waals surface area contributed by atoms with Crippen molar-refractivity contribution in [3.8, 4) is 0 Å². The Kier molecular flexibility index (Phi) is 23.4. The first-order valence-corrected chi connectivity index (χ1v) is 13.8. The van der Waals surface area contributed by atoms with Gasteiger partial charge in [-0.25, -0.2) is 0 Å². The zero-order valence-corrected chi connectivity index (χ0v) is 21.1. The van der Waals surface area contributed by atoms with Crippen molar-refractivity contribution < 1.29 is 10.4 Å². The van der Waals surface area contributed by atoms with E-state index in [-0.39, 0.29) is 6.04 Å². The van der Waals surface area contributed by atoms with Gasteiger partial charge < -0.3 is 0 Å². The van der Waals surface area contributed by atoms with Crippen LogP contribution in [0.2, 0.25) is 0 Å². The highest BCUT2D eigenvalue weighted by Gasteiger charge is 2.19. The molecule has 0 saturated heterocycles. The Balaban J connectivity index is 3.19. The lowest BCUT2D eigenvalue weighted by Gasteiger charge is -2.25. The van der Waals surface area contributed by atoms with Gasteiger partial charge in [0.1, 0.15) is 0 Å². The van der Waals surface area contributed by atoms with Crippen LogP contribution >= 0.6 is 0 Å². The summed E-state index contributed by atoms with van der Waals surface area (Å²) in [6.45, 7) is 6.33. The smallest absolute Gasteiger partial charge is 0.0623 e. The first-order valence-electron chi connectivity index (χ1n) is 13.8. The van der Waals surface area contributed by atoms with Crippen LogP contribution in [-0.2, 0) is 0 Å². The maximum atomic E-state index is 9.18. The molecule has 0 aromatic rings. The topological polar surface area (TPSA) is 43.7 Å². The highest BCUT2D eigenvalue weighted by molar-refractivity contribution is 4.67. The molecule has 2 unspecified atom stereocenters. The van der Waals surface area contributed by atoms with E-state index in [1.807, 2.05) is 6.92 Å². The normalized spacial score (nSPS) is 13.8. The molecule has 0 aliphatic rings. The predicted octanol–water partition coefficient (Wildman–Crippen LogP) is 9.69. The van der Waals surface area contributed by atoms with Crippen molar-refractivity contribution in [2.24, 2.45) is 5.92 Å². The third-order valence-electron chi connectivity index (χ3n) is 7.00. The van der Waals surface area contributed by atoms with Gasteiger partial charge >= 0.3 is 0 Å². The quantitative estimate of drug-likeness (QED) is 0.119. The molecule has 0 aliphatic carbocycles. The van der Waals surface area contributed by atoms with Gasteiger partial charge in [0.05, 0.1) is 6.04 Å². The minimum atomic E-state index is -0.157. The number of hydrogen-bond donors (Lipinski definition) is 2. The minimum absolute atomic E-state index is 0.157. The molecule has 0 bridgehead atoms. The van der Waals surface area contributed by atoms with E-state index in [0.717, 1.165) is 12.8 Å². The lowest BCUT2D eigenvalue weighted by molar-refractivity contribution is -0.336. The zero-order valence-electron chi connectivity index (χ0n) is 21.1. The first-order chi connectivity index (χ1) is 14.6. The molecule has 0 amide bonds. The number of hydroxylamine groups is 2. The summed E-state index contributed by atoms with van der Waals surface area (Å²) >= 11 is 0. The van der Waals surface area contributed by atoms with Crippen molar-refractivity contribution in [2.75, 3.05) is 0 Å². The average Bonchev–Trinajstić information content (AvgIpc) is 2.74. The van der Waals surface area contributed by atoms with Gasteiger partial charge in [-0.05, 0) is 19.3 Å². The van der Waals surface area contributed by atoms with Crippen molar-refractivity contribution >= 4 is 0 Å². The summed E-state index contributed by atoms with van der Waals surface area (Å²) < 4.78 is 0. The summed E-state index contributed by atoms with van der Waals surface area (Å²) in [5.74, 6) is 0.385. The Labute approximate surface area is 189 Å². The third kappa shape index (κ3) is 19.8. The van der Waals surface area contributed by atoms with E-state index in [1.165, 1.54) is 128 Å². The molecular formula is C27H57NO2. The second-order valence-electron chi connectivity index (χ2n) is 9.74. The maximum absolute atomic E-state index is 9.18. The lowest BCUT2D eigenvalue weighted by atomic mass is 9.92. The van der Waals surface area contributed by atoms with E-state index >= 15 is 0 Å². The standard InChI is InChI=1S/C27H57NO2/c1-4-6-7-8-9-10-11-12-13-14-15-16-17-18-19-20-21-22-23-24-25-27(5-2)26(3)28(29)30/h26-27,29-30H,4-25H2,1-3H3. The molecule has 0 radical (unpaired) electrons. The summed E-state index contributed by atoms with van der Waals surface area (Å²) in [6.07, 6.45) is 30.4. The van der Waals surface area contributed by atoms with E-state index in [2.05, 4.69) is 13.8 Å². The van der Waals surface area contributed by atoms with Gasteiger partial charge in [-0.2, -0.15) is 0 Å². The molecule has 0 spiro atoms. The van der Waals surface area contributed by atoms with Gasteiger partial charge in [0, 0.05) is 0 Å². The summed E-state index contributed by atoms with van der Waals surface area (Å²) in [5.41, 5.74) is 0. The van der Waals surface area contributed by atoms with Gasteiger partial charge in [-0.3, -0.25) is 10.4 Å². The number of hydrogen-bond acceptors (Lipinski definition) is 3. The predicted molar refractivity (Wildman–Crippen MR) is 131 cm³/mol.